The molecule has 0 unspecified atom stereocenters. The fraction of sp³-hybridized carbons (Fsp3) is 0. The van der Waals surface area contributed by atoms with Crippen LogP contribution in [0.2, 0.25) is 5.02 Å². The number of aromatic nitrogens is 1. The third kappa shape index (κ3) is 4.12. The maximum Gasteiger partial charge on any atom is 0.289 e. The zero-order chi connectivity index (χ0) is 16.8. The van der Waals surface area contributed by atoms with Gasteiger partial charge in [0, 0.05) is 24.1 Å². The van der Waals surface area contributed by atoms with Crippen molar-refractivity contribution in [1.29, 1.82) is 5.26 Å². The van der Waals surface area contributed by atoms with Crippen molar-refractivity contribution in [2.45, 2.75) is 0 Å². The van der Waals surface area contributed by atoms with E-state index in [1.165, 1.54) is 24.4 Å². The predicted molar refractivity (Wildman–Crippen MR) is 84.6 cm³/mol. The van der Waals surface area contributed by atoms with Crippen LogP contribution in [0, 0.1) is 21.4 Å². The molecule has 1 amide bonds. The lowest BCUT2D eigenvalue weighted by atomic mass is 10.1. The first-order valence-electron chi connectivity index (χ1n) is 6.28. The maximum atomic E-state index is 12.1. The van der Waals surface area contributed by atoms with Gasteiger partial charge in [0.25, 0.3) is 11.6 Å². The van der Waals surface area contributed by atoms with Crippen LogP contribution in [-0.4, -0.2) is 15.8 Å². The van der Waals surface area contributed by atoms with E-state index in [0.29, 0.717) is 5.56 Å². The standard InChI is InChI=1S/C15H9ClN4O3/c16-13-4-3-12(7-14(13)20(22)23)19-15(21)11(8-17)6-10-2-1-5-18-9-10/h1-7,9H,(H,19,21)/b11-6+. The molecule has 1 heterocycles. The number of halogens is 1. The average molecular weight is 329 g/mol. The highest BCUT2D eigenvalue weighted by atomic mass is 35.5. The first-order valence-corrected chi connectivity index (χ1v) is 6.66. The molecule has 1 aromatic heterocycles. The average Bonchev–Trinajstić information content (AvgIpc) is 2.55. The third-order valence-corrected chi connectivity index (χ3v) is 3.08. The van der Waals surface area contributed by atoms with E-state index in [9.17, 15) is 14.9 Å². The number of hydrogen-bond acceptors (Lipinski definition) is 5. The Morgan fingerprint density at radius 2 is 2.22 bits per heavy atom. The number of rotatable bonds is 4. The van der Waals surface area contributed by atoms with Gasteiger partial charge in [0.15, 0.2) is 0 Å². The topological polar surface area (TPSA) is 109 Å². The van der Waals surface area contributed by atoms with Crippen molar-refractivity contribution < 1.29 is 9.72 Å². The van der Waals surface area contributed by atoms with Crippen molar-refractivity contribution in [3.05, 3.63) is 69.0 Å². The molecule has 0 aliphatic carbocycles. The Kier molecular flexibility index (Phi) is 5.02. The van der Waals surface area contributed by atoms with Crippen LogP contribution >= 0.6 is 11.6 Å². The van der Waals surface area contributed by atoms with E-state index in [2.05, 4.69) is 10.3 Å². The van der Waals surface area contributed by atoms with Gasteiger partial charge in [0.2, 0.25) is 0 Å². The number of pyridine rings is 1. The second-order valence-electron chi connectivity index (χ2n) is 4.33. The van der Waals surface area contributed by atoms with E-state index >= 15 is 0 Å². The van der Waals surface area contributed by atoms with E-state index in [1.807, 2.05) is 0 Å². The van der Waals surface area contributed by atoms with Crippen LogP contribution in [0.3, 0.4) is 0 Å². The number of nitro benzene ring substituents is 1. The lowest BCUT2D eigenvalue weighted by molar-refractivity contribution is -0.384. The molecule has 2 aromatic rings. The predicted octanol–water partition coefficient (Wildman–Crippen LogP) is 3.19. The number of carbonyl (C=O) groups is 1. The minimum absolute atomic E-state index is 0.0422. The molecule has 0 atom stereocenters. The molecule has 0 aliphatic heterocycles. The second-order valence-corrected chi connectivity index (χ2v) is 4.74. The molecule has 7 nitrogen and oxygen atoms in total. The van der Waals surface area contributed by atoms with Crippen LogP contribution in [0.1, 0.15) is 5.56 Å². The zero-order valence-corrected chi connectivity index (χ0v) is 12.3. The molecule has 0 fully saturated rings. The van der Waals surface area contributed by atoms with E-state index in [4.69, 9.17) is 16.9 Å². The Hall–Kier alpha value is -3.24. The van der Waals surface area contributed by atoms with Gasteiger partial charge in [0.1, 0.15) is 16.7 Å². The van der Waals surface area contributed by atoms with Crippen molar-refractivity contribution in [3.63, 3.8) is 0 Å². The smallest absolute Gasteiger partial charge is 0.289 e. The lowest BCUT2D eigenvalue weighted by Crippen LogP contribution is -2.13. The van der Waals surface area contributed by atoms with Gasteiger partial charge in [0.05, 0.1) is 4.92 Å². The largest absolute Gasteiger partial charge is 0.321 e. The van der Waals surface area contributed by atoms with Crippen LogP contribution in [0.25, 0.3) is 6.08 Å². The highest BCUT2D eigenvalue weighted by molar-refractivity contribution is 6.32. The molecular weight excluding hydrogens is 320 g/mol. The highest BCUT2D eigenvalue weighted by Crippen LogP contribution is 2.27. The van der Waals surface area contributed by atoms with Crippen LogP contribution in [0.5, 0.6) is 0 Å². The number of nitriles is 1. The molecule has 8 heteroatoms. The minimum atomic E-state index is -0.687. The van der Waals surface area contributed by atoms with Gasteiger partial charge in [-0.05, 0) is 29.8 Å². The summed E-state index contributed by atoms with van der Waals surface area (Å²) < 4.78 is 0. The van der Waals surface area contributed by atoms with Gasteiger partial charge in [-0.2, -0.15) is 5.26 Å². The number of hydrogen-bond donors (Lipinski definition) is 1. The van der Waals surface area contributed by atoms with Gasteiger partial charge >= 0.3 is 0 Å². The number of nitrogens with zero attached hydrogens (tertiary/aromatic N) is 3. The Labute approximate surface area is 136 Å². The molecule has 0 saturated carbocycles. The van der Waals surface area contributed by atoms with Crippen LogP contribution in [-0.2, 0) is 4.79 Å². The normalized spacial score (nSPS) is 10.7. The SMILES string of the molecule is N#C/C(=C\c1cccnc1)C(=O)Nc1ccc(Cl)c([N+](=O)[O-])c1. The van der Waals surface area contributed by atoms with E-state index in [-0.39, 0.29) is 22.0 Å². The fourth-order valence-electron chi connectivity index (χ4n) is 1.71. The number of anilines is 1. The molecule has 23 heavy (non-hydrogen) atoms. The zero-order valence-electron chi connectivity index (χ0n) is 11.6. The third-order valence-electron chi connectivity index (χ3n) is 2.76. The molecule has 1 N–H and O–H groups in total. The second kappa shape index (κ2) is 7.15. The monoisotopic (exact) mass is 328 g/mol. The maximum absolute atomic E-state index is 12.1. The molecule has 0 aliphatic rings. The van der Waals surface area contributed by atoms with Crippen LogP contribution < -0.4 is 5.32 Å². The molecular formula is C15H9ClN4O3. The summed E-state index contributed by atoms with van der Waals surface area (Å²) in [5.41, 5.74) is 0.259. The summed E-state index contributed by atoms with van der Waals surface area (Å²) in [7, 11) is 0. The molecule has 1 aromatic carbocycles. The molecule has 0 saturated heterocycles. The quantitative estimate of drug-likeness (QED) is 0.401. The van der Waals surface area contributed by atoms with E-state index in [0.717, 1.165) is 6.07 Å². The van der Waals surface area contributed by atoms with Crippen LogP contribution in [0.4, 0.5) is 11.4 Å². The van der Waals surface area contributed by atoms with Crippen molar-refractivity contribution in [2.75, 3.05) is 5.32 Å². The molecule has 2 rings (SSSR count). The van der Waals surface area contributed by atoms with Gasteiger partial charge in [-0.3, -0.25) is 19.9 Å². The summed E-state index contributed by atoms with van der Waals surface area (Å²) in [5, 5.41) is 22.3. The molecule has 0 radical (unpaired) electrons. The summed E-state index contributed by atoms with van der Waals surface area (Å²) in [5.74, 6) is -0.687. The summed E-state index contributed by atoms with van der Waals surface area (Å²) >= 11 is 5.70. The number of carbonyl (C=O) groups excluding carboxylic acids is 1. The van der Waals surface area contributed by atoms with Crippen LogP contribution in [0.15, 0.2) is 48.3 Å². The fourth-order valence-corrected chi connectivity index (χ4v) is 1.89. The van der Waals surface area contributed by atoms with Gasteiger partial charge in [-0.25, -0.2) is 0 Å². The number of nitro groups is 1. The van der Waals surface area contributed by atoms with Crippen molar-refractivity contribution in [2.24, 2.45) is 0 Å². The van der Waals surface area contributed by atoms with Gasteiger partial charge < -0.3 is 5.32 Å². The number of nitrogens with one attached hydrogen (secondary N) is 1. The van der Waals surface area contributed by atoms with Gasteiger partial charge in [-0.15, -0.1) is 0 Å². The summed E-state index contributed by atoms with van der Waals surface area (Å²) in [6, 6.07) is 8.97. The first kappa shape index (κ1) is 16.1. The molecule has 0 bridgehead atoms. The summed E-state index contributed by atoms with van der Waals surface area (Å²) in [4.78, 5) is 26.1. The Morgan fingerprint density at radius 1 is 1.43 bits per heavy atom. The highest BCUT2D eigenvalue weighted by Gasteiger charge is 2.15. The molecule has 114 valence electrons. The Morgan fingerprint density at radius 3 is 2.83 bits per heavy atom. The van der Waals surface area contributed by atoms with E-state index < -0.39 is 10.8 Å². The minimum Gasteiger partial charge on any atom is -0.321 e. The first-order chi connectivity index (χ1) is 11.0. The van der Waals surface area contributed by atoms with Crippen molar-refractivity contribution in [3.8, 4) is 6.07 Å². The van der Waals surface area contributed by atoms with Crippen molar-refractivity contribution >= 4 is 35.0 Å². The lowest BCUT2D eigenvalue weighted by Gasteiger charge is -2.05. The molecule has 0 spiro atoms. The van der Waals surface area contributed by atoms with E-state index in [1.54, 1.807) is 24.4 Å². The number of benzene rings is 1. The Balaban J connectivity index is 2.24. The summed E-state index contributed by atoms with van der Waals surface area (Å²) in [6.45, 7) is 0. The summed E-state index contributed by atoms with van der Waals surface area (Å²) in [6.07, 6.45) is 4.43. The van der Waals surface area contributed by atoms with Crippen molar-refractivity contribution in [1.82, 2.24) is 4.98 Å². The van der Waals surface area contributed by atoms with Gasteiger partial charge in [-0.1, -0.05) is 17.7 Å². The Bertz CT molecular complexity index is 828. The number of amides is 1.